The first-order chi connectivity index (χ1) is 10.3. The Hall–Kier alpha value is -2.73. The highest BCUT2D eigenvalue weighted by Gasteiger charge is 2.01. The van der Waals surface area contributed by atoms with Gasteiger partial charge < -0.3 is 0 Å². The fourth-order valence-corrected chi connectivity index (χ4v) is 2.28. The van der Waals surface area contributed by atoms with Crippen LogP contribution in [0.3, 0.4) is 0 Å². The van der Waals surface area contributed by atoms with Crippen LogP contribution in [-0.2, 0) is 4.79 Å². The molecule has 0 aliphatic heterocycles. The lowest BCUT2D eigenvalue weighted by Crippen LogP contribution is -2.06. The third-order valence-electron chi connectivity index (χ3n) is 2.71. The van der Waals surface area contributed by atoms with Crippen molar-refractivity contribution in [1.82, 2.24) is 14.8 Å². The number of thiazole rings is 1. The van der Waals surface area contributed by atoms with E-state index < -0.39 is 0 Å². The summed E-state index contributed by atoms with van der Waals surface area (Å²) in [6.07, 6.45) is 8.40. The van der Waals surface area contributed by atoms with Crippen molar-refractivity contribution < 1.29 is 4.79 Å². The van der Waals surface area contributed by atoms with Gasteiger partial charge >= 0.3 is 0 Å². The molecule has 104 valence electrons. The van der Waals surface area contributed by atoms with Crippen LogP contribution < -0.4 is 5.32 Å². The summed E-state index contributed by atoms with van der Waals surface area (Å²) >= 11 is 1.38. The number of hydrogen-bond donors (Lipinski definition) is 1. The van der Waals surface area contributed by atoms with Crippen molar-refractivity contribution in [3.8, 4) is 5.69 Å². The molecule has 0 aliphatic carbocycles. The summed E-state index contributed by atoms with van der Waals surface area (Å²) < 4.78 is 1.76. The number of carbonyl (C=O) groups excluding carboxylic acids is 1. The van der Waals surface area contributed by atoms with E-state index in [-0.39, 0.29) is 5.91 Å². The Kier molecular flexibility index (Phi) is 3.88. The Bertz CT molecular complexity index is 747. The molecule has 0 saturated carbocycles. The molecular weight excluding hydrogens is 284 g/mol. The molecule has 1 amide bonds. The van der Waals surface area contributed by atoms with Gasteiger partial charge in [-0.3, -0.25) is 10.1 Å². The van der Waals surface area contributed by atoms with Crippen LogP contribution in [-0.4, -0.2) is 20.7 Å². The van der Waals surface area contributed by atoms with Gasteiger partial charge in [0.05, 0.1) is 11.9 Å². The van der Waals surface area contributed by atoms with E-state index >= 15 is 0 Å². The van der Waals surface area contributed by atoms with E-state index in [1.165, 1.54) is 17.4 Å². The van der Waals surface area contributed by atoms with Gasteiger partial charge in [0.15, 0.2) is 5.13 Å². The molecule has 2 heterocycles. The standard InChI is InChI=1S/C15H12N4OS/c20-14(18-15-16-8-9-21-15)7-6-12-10-17-19(11-12)13-4-2-1-3-5-13/h1-11H,(H,16,18,20). The number of aromatic nitrogens is 3. The van der Waals surface area contributed by atoms with E-state index in [9.17, 15) is 4.79 Å². The van der Waals surface area contributed by atoms with Gasteiger partial charge in [-0.1, -0.05) is 18.2 Å². The Morgan fingerprint density at radius 3 is 2.90 bits per heavy atom. The number of benzene rings is 1. The average molecular weight is 296 g/mol. The van der Waals surface area contributed by atoms with Crippen molar-refractivity contribution >= 4 is 28.5 Å². The van der Waals surface area contributed by atoms with Gasteiger partial charge in [-0.05, 0) is 18.2 Å². The SMILES string of the molecule is O=C(C=Cc1cnn(-c2ccccc2)c1)Nc1nccs1. The quantitative estimate of drug-likeness (QED) is 0.753. The van der Waals surface area contributed by atoms with Crippen molar-refractivity contribution in [1.29, 1.82) is 0 Å². The lowest BCUT2D eigenvalue weighted by Gasteiger charge is -1.98. The lowest BCUT2D eigenvalue weighted by molar-refractivity contribution is -0.111. The van der Waals surface area contributed by atoms with Gasteiger partial charge in [-0.25, -0.2) is 9.67 Å². The third-order valence-corrected chi connectivity index (χ3v) is 3.40. The summed E-state index contributed by atoms with van der Waals surface area (Å²) in [5.41, 5.74) is 1.83. The normalized spacial score (nSPS) is 10.9. The number of nitrogens with zero attached hydrogens (tertiary/aromatic N) is 3. The highest BCUT2D eigenvalue weighted by molar-refractivity contribution is 7.13. The second-order valence-corrected chi connectivity index (χ2v) is 5.11. The molecule has 0 spiro atoms. The molecule has 0 fully saturated rings. The molecule has 2 aromatic heterocycles. The predicted molar refractivity (Wildman–Crippen MR) is 83.3 cm³/mol. The molecule has 3 rings (SSSR count). The van der Waals surface area contributed by atoms with Gasteiger partial charge in [0.2, 0.25) is 5.91 Å². The number of hydrogen-bond acceptors (Lipinski definition) is 4. The first kappa shape index (κ1) is 13.3. The van der Waals surface area contributed by atoms with Crippen LogP contribution in [0.25, 0.3) is 11.8 Å². The van der Waals surface area contributed by atoms with Crippen LogP contribution in [0.15, 0.2) is 60.4 Å². The Balaban J connectivity index is 1.67. The van der Waals surface area contributed by atoms with Crippen LogP contribution in [0.4, 0.5) is 5.13 Å². The Labute approximate surface area is 125 Å². The average Bonchev–Trinajstić information content (AvgIpc) is 3.17. The Morgan fingerprint density at radius 1 is 1.29 bits per heavy atom. The van der Waals surface area contributed by atoms with E-state index in [1.54, 1.807) is 23.2 Å². The van der Waals surface area contributed by atoms with E-state index in [0.717, 1.165) is 11.3 Å². The van der Waals surface area contributed by atoms with Gasteiger partial charge in [-0.2, -0.15) is 5.10 Å². The van der Waals surface area contributed by atoms with Gasteiger partial charge in [0.25, 0.3) is 0 Å². The summed E-state index contributed by atoms with van der Waals surface area (Å²) in [7, 11) is 0. The Morgan fingerprint density at radius 2 is 2.14 bits per heavy atom. The molecule has 0 aliphatic rings. The molecule has 0 atom stereocenters. The van der Waals surface area contributed by atoms with Crippen molar-refractivity contribution in [3.63, 3.8) is 0 Å². The maximum absolute atomic E-state index is 11.7. The molecule has 5 nitrogen and oxygen atoms in total. The third kappa shape index (κ3) is 3.43. The second kappa shape index (κ2) is 6.15. The van der Waals surface area contributed by atoms with Crippen molar-refractivity contribution in [2.75, 3.05) is 5.32 Å². The van der Waals surface area contributed by atoms with Crippen LogP contribution in [0.1, 0.15) is 5.56 Å². The summed E-state index contributed by atoms with van der Waals surface area (Å²) in [5, 5.41) is 9.35. The molecule has 21 heavy (non-hydrogen) atoms. The zero-order valence-corrected chi connectivity index (χ0v) is 11.8. The van der Waals surface area contributed by atoms with Crippen LogP contribution in [0.2, 0.25) is 0 Å². The van der Waals surface area contributed by atoms with Crippen LogP contribution >= 0.6 is 11.3 Å². The molecular formula is C15H12N4OS. The van der Waals surface area contributed by atoms with Crippen molar-refractivity contribution in [3.05, 3.63) is 65.9 Å². The van der Waals surface area contributed by atoms with E-state index in [1.807, 2.05) is 41.9 Å². The van der Waals surface area contributed by atoms with Crippen molar-refractivity contribution in [2.24, 2.45) is 0 Å². The number of rotatable bonds is 4. The zero-order valence-electron chi connectivity index (χ0n) is 11.0. The molecule has 3 aromatic rings. The topological polar surface area (TPSA) is 59.8 Å². The molecule has 0 saturated heterocycles. The number of anilines is 1. The molecule has 1 aromatic carbocycles. The largest absolute Gasteiger partial charge is 0.298 e. The first-order valence-electron chi connectivity index (χ1n) is 6.30. The zero-order chi connectivity index (χ0) is 14.5. The molecule has 0 radical (unpaired) electrons. The molecule has 6 heteroatoms. The maximum Gasteiger partial charge on any atom is 0.250 e. The van der Waals surface area contributed by atoms with Crippen LogP contribution in [0.5, 0.6) is 0 Å². The maximum atomic E-state index is 11.7. The van der Waals surface area contributed by atoms with E-state index in [4.69, 9.17) is 0 Å². The summed E-state index contributed by atoms with van der Waals surface area (Å²) in [4.78, 5) is 15.7. The van der Waals surface area contributed by atoms with Crippen LogP contribution in [0, 0.1) is 0 Å². The molecule has 1 N–H and O–H groups in total. The monoisotopic (exact) mass is 296 g/mol. The predicted octanol–water partition coefficient (Wildman–Crippen LogP) is 2.98. The highest BCUT2D eigenvalue weighted by Crippen LogP contribution is 2.11. The highest BCUT2D eigenvalue weighted by atomic mass is 32.1. The minimum atomic E-state index is -0.211. The van der Waals surface area contributed by atoms with Gasteiger partial charge in [-0.15, -0.1) is 11.3 Å². The number of amides is 1. The number of nitrogens with one attached hydrogen (secondary N) is 1. The van der Waals surface area contributed by atoms with E-state index in [0.29, 0.717) is 5.13 Å². The fourth-order valence-electron chi connectivity index (χ4n) is 1.75. The summed E-state index contributed by atoms with van der Waals surface area (Å²) in [6, 6.07) is 9.80. The lowest BCUT2D eigenvalue weighted by atomic mass is 10.3. The van der Waals surface area contributed by atoms with Crippen molar-refractivity contribution in [2.45, 2.75) is 0 Å². The minimum absolute atomic E-state index is 0.211. The first-order valence-corrected chi connectivity index (χ1v) is 7.18. The smallest absolute Gasteiger partial charge is 0.250 e. The van der Waals surface area contributed by atoms with E-state index in [2.05, 4.69) is 15.4 Å². The summed E-state index contributed by atoms with van der Waals surface area (Å²) in [5.74, 6) is -0.211. The molecule has 0 unspecified atom stereocenters. The number of carbonyl (C=O) groups is 1. The summed E-state index contributed by atoms with van der Waals surface area (Å²) in [6.45, 7) is 0. The minimum Gasteiger partial charge on any atom is -0.298 e. The fraction of sp³-hybridized carbons (Fsp3) is 0. The van der Waals surface area contributed by atoms with Gasteiger partial charge in [0.1, 0.15) is 0 Å². The second-order valence-electron chi connectivity index (χ2n) is 4.21. The number of para-hydroxylation sites is 1. The molecule has 0 bridgehead atoms. The van der Waals surface area contributed by atoms with Gasteiger partial charge in [0, 0.05) is 29.4 Å².